The number of nitrogens with one attached hydrogen (secondary N) is 1. The van der Waals surface area contributed by atoms with Gasteiger partial charge in [-0.2, -0.15) is 0 Å². The Labute approximate surface area is 141 Å². The number of carbonyl (C=O) groups is 2. The molecule has 3 unspecified atom stereocenters. The summed E-state index contributed by atoms with van der Waals surface area (Å²) < 4.78 is 0. The highest BCUT2D eigenvalue weighted by Crippen LogP contribution is 2.26. The van der Waals surface area contributed by atoms with Crippen molar-refractivity contribution >= 4 is 29.1 Å². The zero-order valence-corrected chi connectivity index (χ0v) is 13.8. The van der Waals surface area contributed by atoms with Crippen molar-refractivity contribution in [1.29, 1.82) is 0 Å². The van der Waals surface area contributed by atoms with Gasteiger partial charge in [-0.25, -0.2) is 0 Å². The lowest BCUT2D eigenvalue weighted by atomic mass is 9.85. The van der Waals surface area contributed by atoms with Crippen molar-refractivity contribution in [2.75, 3.05) is 11.4 Å². The summed E-state index contributed by atoms with van der Waals surface area (Å²) in [5.41, 5.74) is 6.72. The van der Waals surface area contributed by atoms with E-state index in [0.717, 1.165) is 24.9 Å². The number of hydrogen-bond donors (Lipinski definition) is 2. The van der Waals surface area contributed by atoms with Crippen LogP contribution in [0.1, 0.15) is 32.1 Å². The Morgan fingerprint density at radius 1 is 1.30 bits per heavy atom. The third-order valence-electron chi connectivity index (χ3n) is 4.73. The van der Waals surface area contributed by atoms with Crippen molar-refractivity contribution < 1.29 is 9.59 Å². The van der Waals surface area contributed by atoms with Gasteiger partial charge in [0.05, 0.1) is 0 Å². The summed E-state index contributed by atoms with van der Waals surface area (Å²) in [7, 11) is 0. The molecule has 1 saturated carbocycles. The number of carbonyl (C=O) groups excluding carboxylic acids is 2. The minimum absolute atomic E-state index is 0.0357. The van der Waals surface area contributed by atoms with E-state index in [-0.39, 0.29) is 23.8 Å². The Kier molecular flexibility index (Phi) is 4.87. The highest BCUT2D eigenvalue weighted by atomic mass is 35.5. The molecule has 2 amide bonds. The molecule has 0 radical (unpaired) electrons. The van der Waals surface area contributed by atoms with E-state index >= 15 is 0 Å². The Hall–Kier alpha value is -1.59. The highest BCUT2D eigenvalue weighted by Gasteiger charge is 2.35. The lowest BCUT2D eigenvalue weighted by Gasteiger charge is -2.26. The van der Waals surface area contributed by atoms with Crippen LogP contribution in [-0.4, -0.2) is 30.4 Å². The zero-order valence-electron chi connectivity index (χ0n) is 13.0. The summed E-state index contributed by atoms with van der Waals surface area (Å²) in [4.78, 5) is 26.6. The van der Waals surface area contributed by atoms with Crippen molar-refractivity contribution in [1.82, 2.24) is 5.32 Å². The maximum Gasteiger partial charge on any atom is 0.249 e. The minimum Gasteiger partial charge on any atom is -0.344 e. The number of nitrogens with two attached hydrogens (primary N) is 1. The fraction of sp³-hybridized carbons (Fsp3) is 0.529. The maximum absolute atomic E-state index is 12.5. The van der Waals surface area contributed by atoms with Crippen LogP contribution in [0.25, 0.3) is 0 Å². The molecule has 1 aromatic rings. The second-order valence-corrected chi connectivity index (χ2v) is 6.88. The summed E-state index contributed by atoms with van der Waals surface area (Å²) in [6.07, 6.45) is 4.15. The number of amides is 2. The molecule has 23 heavy (non-hydrogen) atoms. The molecule has 0 bridgehead atoms. The summed E-state index contributed by atoms with van der Waals surface area (Å²) in [6, 6.07) is 6.87. The van der Waals surface area contributed by atoms with Gasteiger partial charge >= 0.3 is 0 Å². The van der Waals surface area contributed by atoms with Gasteiger partial charge in [-0.3, -0.25) is 9.59 Å². The molecule has 5 nitrogen and oxygen atoms in total. The number of hydrogen-bond acceptors (Lipinski definition) is 3. The van der Waals surface area contributed by atoms with Crippen LogP contribution in [0.15, 0.2) is 24.3 Å². The van der Waals surface area contributed by atoms with Gasteiger partial charge in [0.15, 0.2) is 0 Å². The van der Waals surface area contributed by atoms with Gasteiger partial charge in [-0.15, -0.1) is 0 Å². The summed E-state index contributed by atoms with van der Waals surface area (Å²) in [5.74, 6) is -0.168. The molecule has 6 heteroatoms. The second-order valence-electron chi connectivity index (χ2n) is 6.44. The molecule has 1 heterocycles. The summed E-state index contributed by atoms with van der Waals surface area (Å²) in [6.45, 7) is 0.592. The Morgan fingerprint density at radius 2 is 2.13 bits per heavy atom. The molecule has 1 aliphatic heterocycles. The standard InChI is InChI=1S/C17H22ClN3O2/c18-12-4-2-6-14(10-12)21-8-7-15(17(21)23)20-16(22)11-3-1-5-13(19)9-11/h2,4,6,10-11,13,15H,1,3,5,7-9,19H2,(H,20,22). The largest absolute Gasteiger partial charge is 0.344 e. The molecule has 3 atom stereocenters. The van der Waals surface area contributed by atoms with E-state index in [0.29, 0.717) is 24.4 Å². The molecule has 1 aliphatic carbocycles. The molecule has 0 aromatic heterocycles. The number of rotatable bonds is 3. The second kappa shape index (κ2) is 6.89. The lowest BCUT2D eigenvalue weighted by Crippen LogP contribution is -2.45. The average molecular weight is 336 g/mol. The minimum atomic E-state index is -0.445. The van der Waals surface area contributed by atoms with Gasteiger partial charge in [-0.05, 0) is 43.9 Å². The highest BCUT2D eigenvalue weighted by molar-refractivity contribution is 6.31. The molecular weight excluding hydrogens is 314 g/mol. The van der Waals surface area contributed by atoms with Gasteiger partial charge in [-0.1, -0.05) is 24.1 Å². The third-order valence-corrected chi connectivity index (χ3v) is 4.96. The Balaban J connectivity index is 1.62. The molecule has 1 aromatic carbocycles. The predicted molar refractivity (Wildman–Crippen MR) is 90.3 cm³/mol. The van der Waals surface area contributed by atoms with Crippen molar-refractivity contribution in [2.45, 2.75) is 44.2 Å². The molecule has 3 rings (SSSR count). The van der Waals surface area contributed by atoms with E-state index in [1.807, 2.05) is 12.1 Å². The number of halogens is 1. The topological polar surface area (TPSA) is 75.4 Å². The third kappa shape index (κ3) is 3.67. The SMILES string of the molecule is NC1CCCC(C(=O)NC2CCN(c3cccc(Cl)c3)C2=O)C1. The van der Waals surface area contributed by atoms with Crippen LogP contribution in [-0.2, 0) is 9.59 Å². The Morgan fingerprint density at radius 3 is 2.87 bits per heavy atom. The van der Waals surface area contributed by atoms with Crippen molar-refractivity contribution in [3.63, 3.8) is 0 Å². The van der Waals surface area contributed by atoms with Crippen LogP contribution in [0.4, 0.5) is 5.69 Å². The molecule has 1 saturated heterocycles. The van der Waals surface area contributed by atoms with Crippen molar-refractivity contribution in [2.24, 2.45) is 11.7 Å². The predicted octanol–water partition coefficient (Wildman–Crippen LogP) is 2.08. The molecule has 0 spiro atoms. The van der Waals surface area contributed by atoms with E-state index in [1.54, 1.807) is 17.0 Å². The van der Waals surface area contributed by atoms with Crippen LogP contribution >= 0.6 is 11.6 Å². The van der Waals surface area contributed by atoms with E-state index in [9.17, 15) is 9.59 Å². The lowest BCUT2D eigenvalue weighted by molar-refractivity contribution is -0.130. The average Bonchev–Trinajstić information content (AvgIpc) is 2.88. The van der Waals surface area contributed by atoms with Gasteiger partial charge in [0.1, 0.15) is 6.04 Å². The van der Waals surface area contributed by atoms with E-state index in [4.69, 9.17) is 17.3 Å². The van der Waals surface area contributed by atoms with Crippen LogP contribution in [0, 0.1) is 5.92 Å². The Bertz CT molecular complexity index is 607. The van der Waals surface area contributed by atoms with Gasteiger partial charge in [0.25, 0.3) is 0 Å². The fourth-order valence-corrected chi connectivity index (χ4v) is 3.65. The quantitative estimate of drug-likeness (QED) is 0.888. The van der Waals surface area contributed by atoms with E-state index < -0.39 is 6.04 Å². The van der Waals surface area contributed by atoms with Gasteiger partial charge < -0.3 is 16.0 Å². The van der Waals surface area contributed by atoms with Crippen molar-refractivity contribution in [3.05, 3.63) is 29.3 Å². The molecule has 3 N–H and O–H groups in total. The first-order valence-corrected chi connectivity index (χ1v) is 8.55. The first-order chi connectivity index (χ1) is 11.0. The van der Waals surface area contributed by atoms with Crippen LogP contribution in [0.3, 0.4) is 0 Å². The van der Waals surface area contributed by atoms with Crippen LogP contribution < -0.4 is 16.0 Å². The maximum atomic E-state index is 12.5. The first-order valence-electron chi connectivity index (χ1n) is 8.17. The normalized spacial score (nSPS) is 28.0. The fourth-order valence-electron chi connectivity index (χ4n) is 3.47. The summed E-state index contributed by atoms with van der Waals surface area (Å²) in [5, 5.41) is 3.51. The number of anilines is 1. The molecular formula is C17H22ClN3O2. The van der Waals surface area contributed by atoms with E-state index in [1.165, 1.54) is 0 Å². The smallest absolute Gasteiger partial charge is 0.249 e. The molecule has 2 aliphatic rings. The monoisotopic (exact) mass is 335 g/mol. The van der Waals surface area contributed by atoms with Crippen molar-refractivity contribution in [3.8, 4) is 0 Å². The number of nitrogens with zero attached hydrogens (tertiary/aromatic N) is 1. The van der Waals surface area contributed by atoms with Gasteiger partial charge in [0, 0.05) is 29.2 Å². The van der Waals surface area contributed by atoms with Gasteiger partial charge in [0.2, 0.25) is 11.8 Å². The molecule has 124 valence electrons. The van der Waals surface area contributed by atoms with Crippen LogP contribution in [0.5, 0.6) is 0 Å². The molecule has 2 fully saturated rings. The first kappa shape index (κ1) is 16.3. The van der Waals surface area contributed by atoms with E-state index in [2.05, 4.69) is 5.32 Å². The zero-order chi connectivity index (χ0) is 16.4. The number of benzene rings is 1. The van der Waals surface area contributed by atoms with Crippen LogP contribution in [0.2, 0.25) is 5.02 Å². The summed E-state index contributed by atoms with van der Waals surface area (Å²) >= 11 is 5.99.